The predicted molar refractivity (Wildman–Crippen MR) is 62.6 cm³/mol. The molecule has 1 aliphatic heterocycles. The maximum absolute atomic E-state index is 3.99. The molecular weight excluding hydrogens is 172 g/mol. The zero-order chi connectivity index (χ0) is 10.6. The average Bonchev–Trinajstić information content (AvgIpc) is 2.27. The van der Waals surface area contributed by atoms with Gasteiger partial charge in [0.15, 0.2) is 0 Å². The van der Waals surface area contributed by atoms with Crippen LogP contribution in [0.25, 0.3) is 0 Å². The summed E-state index contributed by atoms with van der Waals surface area (Å²) in [5.74, 6) is 0. The number of rotatable bonds is 3. The molecular formula is C12H24N2. The van der Waals surface area contributed by atoms with E-state index in [0.29, 0.717) is 5.54 Å². The first kappa shape index (κ1) is 11.7. The lowest BCUT2D eigenvalue weighted by molar-refractivity contribution is 0.229. The van der Waals surface area contributed by atoms with E-state index in [2.05, 4.69) is 37.6 Å². The Morgan fingerprint density at radius 1 is 1.57 bits per heavy atom. The summed E-state index contributed by atoms with van der Waals surface area (Å²) in [6.45, 7) is 15.2. The van der Waals surface area contributed by atoms with Crippen LogP contribution in [-0.4, -0.2) is 36.6 Å². The maximum Gasteiger partial charge on any atom is 0.0277 e. The van der Waals surface area contributed by atoms with Crippen molar-refractivity contribution in [2.75, 3.05) is 26.2 Å². The van der Waals surface area contributed by atoms with Gasteiger partial charge in [-0.1, -0.05) is 19.1 Å². The summed E-state index contributed by atoms with van der Waals surface area (Å²) < 4.78 is 0. The van der Waals surface area contributed by atoms with E-state index in [4.69, 9.17) is 0 Å². The van der Waals surface area contributed by atoms with E-state index in [1.807, 2.05) is 0 Å². The largest absolute Gasteiger partial charge is 0.310 e. The van der Waals surface area contributed by atoms with Crippen molar-refractivity contribution in [3.8, 4) is 0 Å². The topological polar surface area (TPSA) is 15.3 Å². The SMILES string of the molecule is C=C(C)CN1CCCNC(C)(CC)C1. The van der Waals surface area contributed by atoms with Crippen molar-refractivity contribution in [3.05, 3.63) is 12.2 Å². The molecule has 1 heterocycles. The fourth-order valence-corrected chi connectivity index (χ4v) is 2.07. The van der Waals surface area contributed by atoms with E-state index in [9.17, 15) is 0 Å². The number of hydrogen-bond donors (Lipinski definition) is 1. The van der Waals surface area contributed by atoms with Crippen LogP contribution in [0, 0.1) is 0 Å². The number of nitrogens with zero attached hydrogens (tertiary/aromatic N) is 1. The Kier molecular flexibility index (Phi) is 4.14. The average molecular weight is 196 g/mol. The van der Waals surface area contributed by atoms with Gasteiger partial charge in [0.05, 0.1) is 0 Å². The molecule has 0 saturated carbocycles. The summed E-state index contributed by atoms with van der Waals surface area (Å²) in [4.78, 5) is 2.52. The fraction of sp³-hybridized carbons (Fsp3) is 0.833. The van der Waals surface area contributed by atoms with Crippen molar-refractivity contribution in [2.24, 2.45) is 0 Å². The van der Waals surface area contributed by atoms with E-state index in [1.54, 1.807) is 0 Å². The highest BCUT2D eigenvalue weighted by Crippen LogP contribution is 2.15. The second kappa shape index (κ2) is 4.94. The van der Waals surface area contributed by atoms with E-state index >= 15 is 0 Å². The molecule has 1 unspecified atom stereocenters. The van der Waals surface area contributed by atoms with Gasteiger partial charge in [0.25, 0.3) is 0 Å². The van der Waals surface area contributed by atoms with Crippen LogP contribution in [0.2, 0.25) is 0 Å². The number of hydrogen-bond acceptors (Lipinski definition) is 2. The van der Waals surface area contributed by atoms with Gasteiger partial charge in [-0.15, -0.1) is 0 Å². The summed E-state index contributed by atoms with van der Waals surface area (Å²) in [6, 6.07) is 0. The van der Waals surface area contributed by atoms with Crippen LogP contribution in [0.4, 0.5) is 0 Å². The molecule has 0 bridgehead atoms. The molecule has 2 nitrogen and oxygen atoms in total. The standard InChI is InChI=1S/C12H24N2/c1-5-12(4)10-14(9-11(2)3)8-6-7-13-12/h13H,2,5-10H2,1,3-4H3. The van der Waals surface area contributed by atoms with Crippen molar-refractivity contribution >= 4 is 0 Å². The van der Waals surface area contributed by atoms with Gasteiger partial charge in [-0.3, -0.25) is 4.90 Å². The second-order valence-electron chi connectivity index (χ2n) is 4.86. The Hall–Kier alpha value is -0.340. The quantitative estimate of drug-likeness (QED) is 0.695. The molecule has 0 aromatic carbocycles. The first-order valence-corrected chi connectivity index (χ1v) is 5.67. The van der Waals surface area contributed by atoms with Gasteiger partial charge < -0.3 is 5.32 Å². The van der Waals surface area contributed by atoms with Gasteiger partial charge in [-0.25, -0.2) is 0 Å². The molecule has 0 radical (unpaired) electrons. The molecule has 1 aliphatic rings. The predicted octanol–water partition coefficient (Wildman–Crippen LogP) is 2.03. The van der Waals surface area contributed by atoms with Crippen molar-refractivity contribution < 1.29 is 0 Å². The molecule has 14 heavy (non-hydrogen) atoms. The Morgan fingerprint density at radius 2 is 2.29 bits per heavy atom. The zero-order valence-electron chi connectivity index (χ0n) is 9.90. The molecule has 0 amide bonds. The van der Waals surface area contributed by atoms with Crippen LogP contribution >= 0.6 is 0 Å². The van der Waals surface area contributed by atoms with Crippen molar-refractivity contribution in [1.29, 1.82) is 0 Å². The molecule has 0 aromatic heterocycles. The summed E-state index contributed by atoms with van der Waals surface area (Å²) in [5, 5.41) is 3.64. The first-order valence-electron chi connectivity index (χ1n) is 5.67. The third-order valence-electron chi connectivity index (χ3n) is 3.05. The molecule has 1 fully saturated rings. The molecule has 0 spiro atoms. The highest BCUT2D eigenvalue weighted by molar-refractivity contribution is 4.96. The van der Waals surface area contributed by atoms with E-state index in [1.165, 1.54) is 25.0 Å². The van der Waals surface area contributed by atoms with Crippen molar-refractivity contribution in [2.45, 2.75) is 39.2 Å². The molecule has 1 rings (SSSR count). The molecule has 2 heteroatoms. The minimum atomic E-state index is 0.298. The summed E-state index contributed by atoms with van der Waals surface area (Å²) in [6.07, 6.45) is 2.45. The van der Waals surface area contributed by atoms with Crippen molar-refractivity contribution in [3.63, 3.8) is 0 Å². The molecule has 1 N–H and O–H groups in total. The van der Waals surface area contributed by atoms with Crippen LogP contribution in [0.3, 0.4) is 0 Å². The van der Waals surface area contributed by atoms with Crippen LogP contribution < -0.4 is 5.32 Å². The Morgan fingerprint density at radius 3 is 2.86 bits per heavy atom. The van der Waals surface area contributed by atoms with Gasteiger partial charge in [0.1, 0.15) is 0 Å². The minimum absolute atomic E-state index is 0.298. The van der Waals surface area contributed by atoms with Crippen LogP contribution in [0.5, 0.6) is 0 Å². The van der Waals surface area contributed by atoms with E-state index < -0.39 is 0 Å². The molecule has 82 valence electrons. The van der Waals surface area contributed by atoms with Gasteiger partial charge in [-0.2, -0.15) is 0 Å². The normalized spacial score (nSPS) is 29.9. The lowest BCUT2D eigenvalue weighted by atomic mass is 9.98. The van der Waals surface area contributed by atoms with Gasteiger partial charge in [-0.05, 0) is 39.8 Å². The number of nitrogens with one attached hydrogen (secondary N) is 1. The zero-order valence-corrected chi connectivity index (χ0v) is 9.90. The van der Waals surface area contributed by atoms with Crippen LogP contribution in [-0.2, 0) is 0 Å². The molecule has 1 saturated heterocycles. The minimum Gasteiger partial charge on any atom is -0.310 e. The smallest absolute Gasteiger partial charge is 0.0277 e. The first-order chi connectivity index (χ1) is 6.56. The highest BCUT2D eigenvalue weighted by Gasteiger charge is 2.26. The Balaban J connectivity index is 2.55. The van der Waals surface area contributed by atoms with Crippen molar-refractivity contribution in [1.82, 2.24) is 10.2 Å². The van der Waals surface area contributed by atoms with E-state index in [0.717, 1.165) is 19.6 Å². The summed E-state index contributed by atoms with van der Waals surface area (Å²) in [5.41, 5.74) is 1.57. The van der Waals surface area contributed by atoms with Crippen LogP contribution in [0.15, 0.2) is 12.2 Å². The second-order valence-corrected chi connectivity index (χ2v) is 4.86. The van der Waals surface area contributed by atoms with Gasteiger partial charge >= 0.3 is 0 Å². The summed E-state index contributed by atoms with van der Waals surface area (Å²) in [7, 11) is 0. The monoisotopic (exact) mass is 196 g/mol. The van der Waals surface area contributed by atoms with Gasteiger partial charge in [0, 0.05) is 18.6 Å². The fourth-order valence-electron chi connectivity index (χ4n) is 2.07. The van der Waals surface area contributed by atoms with Crippen LogP contribution in [0.1, 0.15) is 33.6 Å². The Labute approximate surface area is 88.4 Å². The van der Waals surface area contributed by atoms with Gasteiger partial charge in [0.2, 0.25) is 0 Å². The lowest BCUT2D eigenvalue weighted by Crippen LogP contribution is -2.48. The molecule has 1 atom stereocenters. The maximum atomic E-state index is 3.99. The summed E-state index contributed by atoms with van der Waals surface area (Å²) >= 11 is 0. The third kappa shape index (κ3) is 3.43. The van der Waals surface area contributed by atoms with E-state index in [-0.39, 0.29) is 0 Å². The highest BCUT2D eigenvalue weighted by atomic mass is 15.2. The third-order valence-corrected chi connectivity index (χ3v) is 3.05. The lowest BCUT2D eigenvalue weighted by Gasteiger charge is -2.32. The molecule has 0 aromatic rings. The Bertz CT molecular complexity index is 200. The molecule has 0 aliphatic carbocycles.